The van der Waals surface area contributed by atoms with Crippen molar-refractivity contribution in [3.8, 4) is 0 Å². The molecule has 1 aromatic heterocycles. The Morgan fingerprint density at radius 1 is 1.35 bits per heavy atom. The summed E-state index contributed by atoms with van der Waals surface area (Å²) in [7, 11) is -2.51. The molecule has 1 unspecified atom stereocenters. The summed E-state index contributed by atoms with van der Waals surface area (Å²) < 4.78 is 32.7. The van der Waals surface area contributed by atoms with E-state index in [1.54, 1.807) is 18.2 Å². The first-order chi connectivity index (χ1) is 12.3. The molecule has 1 aliphatic rings. The van der Waals surface area contributed by atoms with E-state index in [2.05, 4.69) is 15.9 Å². The van der Waals surface area contributed by atoms with E-state index in [1.165, 1.54) is 18.4 Å². The van der Waals surface area contributed by atoms with Gasteiger partial charge in [0.25, 0.3) is 0 Å². The van der Waals surface area contributed by atoms with Gasteiger partial charge < -0.3 is 9.84 Å². The van der Waals surface area contributed by atoms with Crippen molar-refractivity contribution < 1.29 is 23.1 Å². The summed E-state index contributed by atoms with van der Waals surface area (Å²) in [6, 6.07) is 7.62. The topological polar surface area (TPSA) is 83.9 Å². The van der Waals surface area contributed by atoms with Crippen LogP contribution >= 0.6 is 27.3 Å². The summed E-state index contributed by atoms with van der Waals surface area (Å²) in [5, 5.41) is 9.56. The zero-order chi connectivity index (χ0) is 18.9. The molecule has 26 heavy (non-hydrogen) atoms. The standard InChI is InChI=1S/C17H18BrNO5S2/c1-19(16(17(20)21)14-4-5-15(18)25-14)26(22,23)10-11-2-3-12-6-7-24-9-13(12)8-11/h2-5,8,16H,6-7,9-10H2,1H3,(H,20,21). The minimum atomic E-state index is -3.82. The number of benzene rings is 1. The van der Waals surface area contributed by atoms with Crippen LogP contribution in [0.2, 0.25) is 0 Å². The summed E-state index contributed by atoms with van der Waals surface area (Å²) in [6.45, 7) is 1.14. The number of hydrogen-bond acceptors (Lipinski definition) is 5. The number of thiophene rings is 1. The molecular weight excluding hydrogens is 442 g/mol. The van der Waals surface area contributed by atoms with E-state index in [0.29, 0.717) is 23.7 Å². The normalized spacial score (nSPS) is 15.7. The maximum Gasteiger partial charge on any atom is 0.327 e. The number of hydrogen-bond donors (Lipinski definition) is 1. The molecule has 3 rings (SSSR count). The van der Waals surface area contributed by atoms with Crippen molar-refractivity contribution in [2.75, 3.05) is 13.7 Å². The minimum absolute atomic E-state index is 0.257. The molecule has 0 fully saturated rings. The fraction of sp³-hybridized carbons (Fsp3) is 0.353. The van der Waals surface area contributed by atoms with E-state index < -0.39 is 22.0 Å². The van der Waals surface area contributed by atoms with Gasteiger partial charge in [0.05, 0.1) is 22.8 Å². The molecule has 0 aliphatic carbocycles. The van der Waals surface area contributed by atoms with Crippen LogP contribution in [0.3, 0.4) is 0 Å². The Balaban J connectivity index is 1.85. The maximum atomic E-state index is 12.8. The van der Waals surface area contributed by atoms with Gasteiger partial charge in [-0.15, -0.1) is 11.3 Å². The second kappa shape index (κ2) is 7.77. The van der Waals surface area contributed by atoms with Crippen LogP contribution < -0.4 is 0 Å². The molecule has 0 saturated heterocycles. The van der Waals surface area contributed by atoms with Gasteiger partial charge in [0, 0.05) is 11.9 Å². The van der Waals surface area contributed by atoms with Crippen molar-refractivity contribution in [1.82, 2.24) is 4.31 Å². The lowest BCUT2D eigenvalue weighted by molar-refractivity contribution is -0.141. The smallest absolute Gasteiger partial charge is 0.327 e. The van der Waals surface area contributed by atoms with Crippen molar-refractivity contribution in [2.45, 2.75) is 24.8 Å². The molecule has 9 heteroatoms. The van der Waals surface area contributed by atoms with Crippen LogP contribution in [0.15, 0.2) is 34.1 Å². The quantitative estimate of drug-likeness (QED) is 0.716. The average molecular weight is 460 g/mol. The van der Waals surface area contributed by atoms with Crippen molar-refractivity contribution in [1.29, 1.82) is 0 Å². The maximum absolute atomic E-state index is 12.8. The molecule has 1 aromatic carbocycles. The van der Waals surface area contributed by atoms with Crippen LogP contribution in [0.4, 0.5) is 0 Å². The molecule has 1 N–H and O–H groups in total. The highest BCUT2D eigenvalue weighted by Crippen LogP contribution is 2.32. The Bertz CT molecular complexity index is 925. The first-order valence-corrected chi connectivity index (χ1v) is 11.1. The lowest BCUT2D eigenvalue weighted by Gasteiger charge is -2.24. The number of rotatable bonds is 6. The summed E-state index contributed by atoms with van der Waals surface area (Å²) >= 11 is 4.49. The molecule has 1 atom stereocenters. The predicted molar refractivity (Wildman–Crippen MR) is 103 cm³/mol. The molecule has 2 aromatic rings. The molecule has 0 amide bonds. The highest BCUT2D eigenvalue weighted by Gasteiger charge is 2.34. The number of likely N-dealkylation sites (N-methyl/N-ethyl adjacent to an activating group) is 1. The number of fused-ring (bicyclic) bond motifs is 1. The highest BCUT2D eigenvalue weighted by atomic mass is 79.9. The van der Waals surface area contributed by atoms with E-state index in [-0.39, 0.29) is 5.75 Å². The molecule has 0 spiro atoms. The number of carboxylic acids is 1. The van der Waals surface area contributed by atoms with Crippen LogP contribution in [-0.4, -0.2) is 37.5 Å². The lowest BCUT2D eigenvalue weighted by atomic mass is 10.0. The van der Waals surface area contributed by atoms with Crippen LogP contribution in [-0.2, 0) is 38.3 Å². The van der Waals surface area contributed by atoms with Gasteiger partial charge in [-0.1, -0.05) is 18.2 Å². The second-order valence-electron chi connectivity index (χ2n) is 6.06. The third kappa shape index (κ3) is 4.17. The zero-order valence-electron chi connectivity index (χ0n) is 14.0. The highest BCUT2D eigenvalue weighted by molar-refractivity contribution is 9.11. The number of sulfonamides is 1. The van der Waals surface area contributed by atoms with Crippen LogP contribution in [0.25, 0.3) is 0 Å². The number of carbonyl (C=O) groups is 1. The molecule has 6 nitrogen and oxygen atoms in total. The van der Waals surface area contributed by atoms with Gasteiger partial charge in [0.1, 0.15) is 0 Å². The van der Waals surface area contributed by atoms with E-state index in [0.717, 1.165) is 25.6 Å². The molecule has 2 heterocycles. The van der Waals surface area contributed by atoms with Crippen molar-refractivity contribution >= 4 is 43.3 Å². The largest absolute Gasteiger partial charge is 0.480 e. The molecule has 0 saturated carbocycles. The Morgan fingerprint density at radius 2 is 2.12 bits per heavy atom. The number of aliphatic carboxylic acids is 1. The Labute approximate surface area is 164 Å². The fourth-order valence-corrected chi connectivity index (χ4v) is 5.87. The molecule has 1 aliphatic heterocycles. The number of carboxylic acid groups (broad SMARTS) is 1. The van der Waals surface area contributed by atoms with E-state index in [9.17, 15) is 18.3 Å². The van der Waals surface area contributed by atoms with Gasteiger partial charge in [-0.25, -0.2) is 8.42 Å². The third-order valence-corrected chi connectivity index (χ3v) is 7.76. The van der Waals surface area contributed by atoms with Gasteiger partial charge in [0.2, 0.25) is 10.0 Å². The summed E-state index contributed by atoms with van der Waals surface area (Å²) in [4.78, 5) is 12.2. The Kier molecular flexibility index (Phi) is 5.83. The van der Waals surface area contributed by atoms with Gasteiger partial charge in [0.15, 0.2) is 6.04 Å². The lowest BCUT2D eigenvalue weighted by Crippen LogP contribution is -2.36. The summed E-state index contributed by atoms with van der Waals surface area (Å²) in [5.41, 5.74) is 2.78. The SMILES string of the molecule is CN(C(C(=O)O)c1ccc(Br)s1)S(=O)(=O)Cc1ccc2c(c1)COCC2. The predicted octanol–water partition coefficient (Wildman–Crippen LogP) is 3.17. The Hall–Kier alpha value is -1.26. The van der Waals surface area contributed by atoms with Crippen LogP contribution in [0.1, 0.15) is 27.6 Å². The molecule has 140 valence electrons. The van der Waals surface area contributed by atoms with E-state index in [1.807, 2.05) is 12.1 Å². The summed E-state index contributed by atoms with van der Waals surface area (Å²) in [6.07, 6.45) is 0.816. The van der Waals surface area contributed by atoms with Gasteiger partial charge in [-0.05, 0) is 51.2 Å². The van der Waals surface area contributed by atoms with Gasteiger partial charge in [-0.3, -0.25) is 4.79 Å². The zero-order valence-corrected chi connectivity index (χ0v) is 17.2. The first-order valence-electron chi connectivity index (χ1n) is 7.90. The monoisotopic (exact) mass is 459 g/mol. The minimum Gasteiger partial charge on any atom is -0.480 e. The molecule has 0 radical (unpaired) electrons. The second-order valence-corrected chi connectivity index (χ2v) is 10.6. The van der Waals surface area contributed by atoms with E-state index in [4.69, 9.17) is 4.74 Å². The van der Waals surface area contributed by atoms with Gasteiger partial charge in [-0.2, -0.15) is 4.31 Å². The van der Waals surface area contributed by atoms with Crippen molar-refractivity contribution in [3.05, 3.63) is 55.7 Å². The number of halogens is 1. The third-order valence-electron chi connectivity index (χ3n) is 4.29. The van der Waals surface area contributed by atoms with Crippen LogP contribution in [0.5, 0.6) is 0 Å². The van der Waals surface area contributed by atoms with E-state index >= 15 is 0 Å². The number of ether oxygens (including phenoxy) is 1. The first kappa shape index (κ1) is 19.5. The average Bonchev–Trinajstić information content (AvgIpc) is 3.00. The summed E-state index contributed by atoms with van der Waals surface area (Å²) in [5.74, 6) is -1.46. The molecule has 0 bridgehead atoms. The molecular formula is C17H18BrNO5S2. The Morgan fingerprint density at radius 3 is 2.77 bits per heavy atom. The van der Waals surface area contributed by atoms with Crippen molar-refractivity contribution in [2.24, 2.45) is 0 Å². The van der Waals surface area contributed by atoms with Crippen molar-refractivity contribution in [3.63, 3.8) is 0 Å². The van der Waals surface area contributed by atoms with Crippen LogP contribution in [0, 0.1) is 0 Å². The fourth-order valence-electron chi connectivity index (χ4n) is 2.92. The number of nitrogens with zero attached hydrogens (tertiary/aromatic N) is 1. The van der Waals surface area contributed by atoms with Gasteiger partial charge >= 0.3 is 5.97 Å².